The van der Waals surface area contributed by atoms with Gasteiger partial charge in [0.15, 0.2) is 0 Å². The fourth-order valence-electron chi connectivity index (χ4n) is 2.69. The molecule has 1 aromatic rings. The maximum absolute atomic E-state index is 12.3. The summed E-state index contributed by atoms with van der Waals surface area (Å²) in [7, 11) is 0. The van der Waals surface area contributed by atoms with Crippen molar-refractivity contribution in [3.63, 3.8) is 0 Å². The molecule has 2 atom stereocenters. The quantitative estimate of drug-likeness (QED) is 0.907. The number of amides is 2. The maximum Gasteiger partial charge on any atom is 0.410 e. The van der Waals surface area contributed by atoms with Gasteiger partial charge in [0, 0.05) is 13.1 Å². The number of piperidine rings is 1. The van der Waals surface area contributed by atoms with Gasteiger partial charge in [-0.2, -0.15) is 0 Å². The summed E-state index contributed by atoms with van der Waals surface area (Å²) in [6, 6.07) is 9.42. The lowest BCUT2D eigenvalue weighted by Crippen LogP contribution is -2.54. The summed E-state index contributed by atoms with van der Waals surface area (Å²) in [5, 5.41) is 2.87. The van der Waals surface area contributed by atoms with Crippen LogP contribution in [0.15, 0.2) is 30.3 Å². The van der Waals surface area contributed by atoms with Crippen LogP contribution >= 0.6 is 0 Å². The number of hydrogen-bond donors (Lipinski definition) is 1. The third-order valence-electron chi connectivity index (χ3n) is 4.12. The Labute approximate surface area is 149 Å². The SMILES string of the molecule is CC1CCN(C(=O)OCc2ccccc2)CC1NC(=O)OC(C)(C)C. The number of rotatable bonds is 3. The summed E-state index contributed by atoms with van der Waals surface area (Å²) >= 11 is 0. The molecule has 25 heavy (non-hydrogen) atoms. The normalized spacial score (nSPS) is 20.7. The summed E-state index contributed by atoms with van der Waals surface area (Å²) < 4.78 is 10.7. The molecule has 0 saturated carbocycles. The van der Waals surface area contributed by atoms with Crippen molar-refractivity contribution in [2.24, 2.45) is 5.92 Å². The minimum Gasteiger partial charge on any atom is -0.445 e. The van der Waals surface area contributed by atoms with E-state index in [2.05, 4.69) is 12.2 Å². The van der Waals surface area contributed by atoms with Crippen LogP contribution in [0.25, 0.3) is 0 Å². The molecule has 0 bridgehead atoms. The fraction of sp³-hybridized carbons (Fsp3) is 0.579. The Balaban J connectivity index is 1.86. The zero-order chi connectivity index (χ0) is 18.4. The van der Waals surface area contributed by atoms with Gasteiger partial charge in [0.1, 0.15) is 12.2 Å². The molecule has 0 aliphatic carbocycles. The van der Waals surface area contributed by atoms with E-state index >= 15 is 0 Å². The van der Waals surface area contributed by atoms with Gasteiger partial charge in [-0.05, 0) is 38.7 Å². The number of nitrogens with one attached hydrogen (secondary N) is 1. The summed E-state index contributed by atoms with van der Waals surface area (Å²) in [6.07, 6.45) is -0.00318. The predicted molar refractivity (Wildman–Crippen MR) is 95.1 cm³/mol. The molecule has 1 N–H and O–H groups in total. The fourth-order valence-corrected chi connectivity index (χ4v) is 2.69. The number of alkyl carbamates (subject to hydrolysis) is 1. The molecule has 1 aliphatic rings. The van der Waals surface area contributed by atoms with E-state index in [4.69, 9.17) is 9.47 Å². The number of carbonyl (C=O) groups is 2. The third-order valence-corrected chi connectivity index (χ3v) is 4.12. The minimum absolute atomic E-state index is 0.145. The van der Waals surface area contributed by atoms with Gasteiger partial charge in [-0.25, -0.2) is 9.59 Å². The first-order valence-electron chi connectivity index (χ1n) is 8.70. The molecule has 1 fully saturated rings. The highest BCUT2D eigenvalue weighted by Crippen LogP contribution is 2.19. The molecular formula is C19H28N2O4. The lowest BCUT2D eigenvalue weighted by molar-refractivity contribution is 0.0405. The molecule has 2 rings (SSSR count). The number of carbonyl (C=O) groups excluding carboxylic acids is 2. The Morgan fingerprint density at radius 3 is 2.56 bits per heavy atom. The lowest BCUT2D eigenvalue weighted by Gasteiger charge is -2.37. The minimum atomic E-state index is -0.545. The topological polar surface area (TPSA) is 67.9 Å². The van der Waals surface area contributed by atoms with Crippen LogP contribution in [-0.4, -0.2) is 41.8 Å². The van der Waals surface area contributed by atoms with E-state index in [-0.39, 0.29) is 24.7 Å². The van der Waals surface area contributed by atoms with Crippen LogP contribution in [-0.2, 0) is 16.1 Å². The molecule has 0 aromatic heterocycles. The molecule has 138 valence electrons. The van der Waals surface area contributed by atoms with Crippen molar-refractivity contribution in [3.05, 3.63) is 35.9 Å². The molecule has 2 amide bonds. The average Bonchev–Trinajstić information content (AvgIpc) is 2.54. The molecule has 6 heteroatoms. The van der Waals surface area contributed by atoms with Crippen LogP contribution in [0.1, 0.15) is 39.7 Å². The number of hydrogen-bond acceptors (Lipinski definition) is 4. The van der Waals surface area contributed by atoms with E-state index in [9.17, 15) is 9.59 Å². The van der Waals surface area contributed by atoms with Crippen molar-refractivity contribution in [3.8, 4) is 0 Å². The van der Waals surface area contributed by atoms with Crippen molar-refractivity contribution < 1.29 is 19.1 Å². The zero-order valence-corrected chi connectivity index (χ0v) is 15.5. The van der Waals surface area contributed by atoms with Gasteiger partial charge in [-0.1, -0.05) is 37.3 Å². The molecular weight excluding hydrogens is 320 g/mol. The first-order chi connectivity index (χ1) is 11.7. The second kappa shape index (κ2) is 8.23. The average molecular weight is 348 g/mol. The van der Waals surface area contributed by atoms with Crippen molar-refractivity contribution in [1.82, 2.24) is 10.2 Å². The van der Waals surface area contributed by atoms with Crippen LogP contribution in [0, 0.1) is 5.92 Å². The smallest absolute Gasteiger partial charge is 0.410 e. The zero-order valence-electron chi connectivity index (χ0n) is 15.5. The van der Waals surface area contributed by atoms with Crippen LogP contribution in [0.5, 0.6) is 0 Å². The number of likely N-dealkylation sites (tertiary alicyclic amines) is 1. The number of ether oxygens (including phenoxy) is 2. The molecule has 1 aromatic carbocycles. The lowest BCUT2D eigenvalue weighted by atomic mass is 9.94. The Bertz CT molecular complexity index is 583. The van der Waals surface area contributed by atoms with Crippen molar-refractivity contribution in [2.75, 3.05) is 13.1 Å². The monoisotopic (exact) mass is 348 g/mol. The molecule has 0 spiro atoms. The summed E-state index contributed by atoms with van der Waals surface area (Å²) in [6.45, 7) is 8.83. The molecule has 1 saturated heterocycles. The number of benzene rings is 1. The van der Waals surface area contributed by atoms with Gasteiger partial charge in [-0.3, -0.25) is 0 Å². The van der Waals surface area contributed by atoms with Gasteiger partial charge in [0.25, 0.3) is 0 Å². The Morgan fingerprint density at radius 1 is 1.24 bits per heavy atom. The highest BCUT2D eigenvalue weighted by atomic mass is 16.6. The molecule has 6 nitrogen and oxygen atoms in total. The van der Waals surface area contributed by atoms with Crippen molar-refractivity contribution in [1.29, 1.82) is 0 Å². The highest BCUT2D eigenvalue weighted by molar-refractivity contribution is 5.69. The Hall–Kier alpha value is -2.24. The molecule has 1 aliphatic heterocycles. The van der Waals surface area contributed by atoms with Gasteiger partial charge >= 0.3 is 12.2 Å². The Morgan fingerprint density at radius 2 is 1.92 bits per heavy atom. The number of nitrogens with zero attached hydrogens (tertiary/aromatic N) is 1. The Kier molecular flexibility index (Phi) is 6.28. The van der Waals surface area contributed by atoms with Crippen LogP contribution in [0.4, 0.5) is 9.59 Å². The van der Waals surface area contributed by atoms with Crippen LogP contribution < -0.4 is 5.32 Å². The van der Waals surface area contributed by atoms with E-state index in [1.165, 1.54) is 0 Å². The van der Waals surface area contributed by atoms with Gasteiger partial charge in [0.2, 0.25) is 0 Å². The van der Waals surface area contributed by atoms with Gasteiger partial charge in [-0.15, -0.1) is 0 Å². The van der Waals surface area contributed by atoms with E-state index in [1.807, 2.05) is 51.1 Å². The van der Waals surface area contributed by atoms with Crippen LogP contribution in [0.3, 0.4) is 0 Å². The van der Waals surface area contributed by atoms with Crippen molar-refractivity contribution in [2.45, 2.75) is 52.4 Å². The summed E-state index contributed by atoms with van der Waals surface area (Å²) in [4.78, 5) is 25.9. The maximum atomic E-state index is 12.3. The van der Waals surface area contributed by atoms with E-state index < -0.39 is 11.7 Å². The van der Waals surface area contributed by atoms with E-state index in [0.717, 1.165) is 12.0 Å². The predicted octanol–water partition coefficient (Wildman–Crippen LogP) is 3.56. The first kappa shape index (κ1) is 19.1. The molecule has 0 radical (unpaired) electrons. The highest BCUT2D eigenvalue weighted by Gasteiger charge is 2.31. The standard InChI is InChI=1S/C19H28N2O4/c1-14-10-11-21(12-16(14)20-17(22)25-19(2,3)4)18(23)24-13-15-8-6-5-7-9-15/h5-9,14,16H,10-13H2,1-4H3,(H,20,22). The third kappa shape index (κ3) is 6.29. The van der Waals surface area contributed by atoms with Gasteiger partial charge in [0.05, 0.1) is 6.04 Å². The molecule has 1 heterocycles. The van der Waals surface area contributed by atoms with Crippen molar-refractivity contribution >= 4 is 12.2 Å². The van der Waals surface area contributed by atoms with E-state index in [0.29, 0.717) is 13.1 Å². The first-order valence-corrected chi connectivity index (χ1v) is 8.70. The molecule has 2 unspecified atom stereocenters. The van der Waals surface area contributed by atoms with E-state index in [1.54, 1.807) is 4.90 Å². The second-order valence-corrected chi connectivity index (χ2v) is 7.50. The summed E-state index contributed by atoms with van der Waals surface area (Å²) in [5.74, 6) is 0.269. The summed E-state index contributed by atoms with van der Waals surface area (Å²) in [5.41, 5.74) is 0.403. The van der Waals surface area contributed by atoms with Crippen LogP contribution in [0.2, 0.25) is 0 Å². The largest absolute Gasteiger partial charge is 0.445 e. The van der Waals surface area contributed by atoms with Gasteiger partial charge < -0.3 is 19.7 Å². The second-order valence-electron chi connectivity index (χ2n) is 7.50.